The van der Waals surface area contributed by atoms with Crippen molar-refractivity contribution >= 4 is 22.6 Å². The molecule has 2 rings (SSSR count). The van der Waals surface area contributed by atoms with Crippen LogP contribution >= 0.6 is 22.6 Å². The molecule has 1 nitrogen and oxygen atoms in total. The summed E-state index contributed by atoms with van der Waals surface area (Å²) in [7, 11) is 0. The Bertz CT molecular complexity index is 254. The van der Waals surface area contributed by atoms with Gasteiger partial charge in [-0.3, -0.25) is 0 Å². The molecule has 2 heteroatoms. The molecule has 0 aromatic carbocycles. The Labute approximate surface area is 120 Å². The first kappa shape index (κ1) is 14.1. The molecule has 1 saturated heterocycles. The average molecular weight is 350 g/mol. The van der Waals surface area contributed by atoms with Gasteiger partial charge in [-0.25, -0.2) is 0 Å². The van der Waals surface area contributed by atoms with Gasteiger partial charge in [0.25, 0.3) is 0 Å². The van der Waals surface area contributed by atoms with E-state index in [1.54, 1.807) is 0 Å². The van der Waals surface area contributed by atoms with Crippen molar-refractivity contribution in [3.63, 3.8) is 0 Å². The molecule has 1 heterocycles. The van der Waals surface area contributed by atoms with Gasteiger partial charge in [0.1, 0.15) is 0 Å². The van der Waals surface area contributed by atoms with Gasteiger partial charge < -0.3 is 4.74 Å². The number of halogens is 1. The lowest BCUT2D eigenvalue weighted by Gasteiger charge is -2.45. The zero-order valence-corrected chi connectivity index (χ0v) is 13.8. The van der Waals surface area contributed by atoms with Gasteiger partial charge in [-0.05, 0) is 48.9 Å². The predicted octanol–water partition coefficient (Wildman–Crippen LogP) is 4.82. The molecule has 0 radical (unpaired) electrons. The quantitative estimate of drug-likeness (QED) is 0.524. The van der Waals surface area contributed by atoms with Gasteiger partial charge in [0.05, 0.1) is 6.10 Å². The summed E-state index contributed by atoms with van der Waals surface area (Å²) in [5.41, 5.74) is 1.10. The third-order valence-electron chi connectivity index (χ3n) is 5.74. The van der Waals surface area contributed by atoms with E-state index in [-0.39, 0.29) is 0 Å². The van der Waals surface area contributed by atoms with Crippen LogP contribution in [0.25, 0.3) is 0 Å². The molecule has 100 valence electrons. The maximum Gasteiger partial charge on any atom is 0.0721 e. The molecule has 0 amide bonds. The fraction of sp³-hybridized carbons (Fsp3) is 1.00. The SMILES string of the molecule is CCC(C)(C)C1CCC2(CCOC2CI)CC1. The number of alkyl halides is 1. The zero-order valence-electron chi connectivity index (χ0n) is 11.6. The molecule has 0 N–H and O–H groups in total. The standard InChI is InChI=1S/C15H27IO/c1-4-14(2,3)12-5-7-15(8-6-12)9-10-17-13(15)11-16/h12-13H,4-11H2,1-3H3. The number of hydrogen-bond acceptors (Lipinski definition) is 1. The van der Waals surface area contributed by atoms with E-state index in [0.717, 1.165) is 12.5 Å². The summed E-state index contributed by atoms with van der Waals surface area (Å²) in [6.07, 6.45) is 8.86. The van der Waals surface area contributed by atoms with E-state index in [1.165, 1.54) is 43.0 Å². The van der Waals surface area contributed by atoms with Gasteiger partial charge >= 0.3 is 0 Å². The second kappa shape index (κ2) is 5.36. The molecule has 1 aliphatic carbocycles. The Balaban J connectivity index is 1.98. The normalized spacial score (nSPS) is 38.8. The number of hydrogen-bond donors (Lipinski definition) is 0. The van der Waals surface area contributed by atoms with Crippen molar-refractivity contribution in [2.75, 3.05) is 11.0 Å². The summed E-state index contributed by atoms with van der Waals surface area (Å²) < 4.78 is 7.12. The Morgan fingerprint density at radius 2 is 1.88 bits per heavy atom. The minimum absolute atomic E-state index is 0.543. The Hall–Kier alpha value is 0.690. The van der Waals surface area contributed by atoms with Gasteiger partial charge in [0, 0.05) is 11.0 Å². The molecular weight excluding hydrogens is 323 g/mol. The van der Waals surface area contributed by atoms with E-state index in [2.05, 4.69) is 43.4 Å². The molecule has 17 heavy (non-hydrogen) atoms. The lowest BCUT2D eigenvalue weighted by molar-refractivity contribution is 0.0164. The summed E-state index contributed by atoms with van der Waals surface area (Å²) in [4.78, 5) is 0. The van der Waals surface area contributed by atoms with Crippen LogP contribution in [0.4, 0.5) is 0 Å². The Morgan fingerprint density at radius 1 is 1.24 bits per heavy atom. The van der Waals surface area contributed by atoms with Crippen LogP contribution < -0.4 is 0 Å². The first-order chi connectivity index (χ1) is 8.04. The summed E-state index contributed by atoms with van der Waals surface area (Å²) in [6.45, 7) is 8.26. The molecular formula is C15H27IO. The minimum Gasteiger partial charge on any atom is -0.377 e. The first-order valence-corrected chi connectivity index (χ1v) is 8.74. The van der Waals surface area contributed by atoms with E-state index in [9.17, 15) is 0 Å². The van der Waals surface area contributed by atoms with Crippen LogP contribution in [0.5, 0.6) is 0 Å². The summed E-state index contributed by atoms with van der Waals surface area (Å²) in [5.74, 6) is 0.939. The van der Waals surface area contributed by atoms with Crippen molar-refractivity contribution in [1.29, 1.82) is 0 Å². The topological polar surface area (TPSA) is 9.23 Å². The Morgan fingerprint density at radius 3 is 2.41 bits per heavy atom. The van der Waals surface area contributed by atoms with Crippen molar-refractivity contribution < 1.29 is 4.74 Å². The molecule has 0 aromatic rings. The maximum atomic E-state index is 5.94. The molecule has 1 spiro atoms. The van der Waals surface area contributed by atoms with Crippen LogP contribution in [-0.4, -0.2) is 17.1 Å². The monoisotopic (exact) mass is 350 g/mol. The summed E-state index contributed by atoms with van der Waals surface area (Å²) in [5, 5.41) is 0. The van der Waals surface area contributed by atoms with Gasteiger partial charge in [-0.15, -0.1) is 0 Å². The second-order valence-electron chi connectivity index (χ2n) is 6.74. The molecule has 2 fully saturated rings. The van der Waals surface area contributed by atoms with Crippen molar-refractivity contribution in [2.24, 2.45) is 16.7 Å². The second-order valence-corrected chi connectivity index (χ2v) is 7.62. The fourth-order valence-electron chi connectivity index (χ4n) is 3.79. The molecule has 1 aliphatic heterocycles. The highest BCUT2D eigenvalue weighted by Crippen LogP contribution is 2.52. The van der Waals surface area contributed by atoms with E-state index < -0.39 is 0 Å². The predicted molar refractivity (Wildman–Crippen MR) is 81.7 cm³/mol. The third kappa shape index (κ3) is 2.68. The smallest absolute Gasteiger partial charge is 0.0721 e. The van der Waals surface area contributed by atoms with Crippen LogP contribution in [0.2, 0.25) is 0 Å². The largest absolute Gasteiger partial charge is 0.377 e. The van der Waals surface area contributed by atoms with Crippen molar-refractivity contribution in [2.45, 2.75) is 65.4 Å². The lowest BCUT2D eigenvalue weighted by Crippen LogP contribution is -2.39. The van der Waals surface area contributed by atoms with Crippen molar-refractivity contribution in [3.05, 3.63) is 0 Å². The summed E-state index contributed by atoms with van der Waals surface area (Å²) in [6, 6.07) is 0. The third-order valence-corrected chi connectivity index (χ3v) is 6.54. The van der Waals surface area contributed by atoms with Gasteiger partial charge in [-0.1, -0.05) is 49.8 Å². The fourth-order valence-corrected chi connectivity index (χ4v) is 4.97. The van der Waals surface area contributed by atoms with E-state index in [4.69, 9.17) is 4.74 Å². The molecule has 1 atom stereocenters. The van der Waals surface area contributed by atoms with Crippen LogP contribution in [-0.2, 0) is 4.74 Å². The highest BCUT2D eigenvalue weighted by Gasteiger charge is 2.47. The zero-order chi connectivity index (χ0) is 12.5. The number of ether oxygens (including phenoxy) is 1. The van der Waals surface area contributed by atoms with Gasteiger partial charge in [0.2, 0.25) is 0 Å². The van der Waals surface area contributed by atoms with E-state index >= 15 is 0 Å². The highest BCUT2D eigenvalue weighted by atomic mass is 127. The maximum absolute atomic E-state index is 5.94. The average Bonchev–Trinajstić information content (AvgIpc) is 2.72. The highest BCUT2D eigenvalue weighted by molar-refractivity contribution is 14.1. The minimum atomic E-state index is 0.543. The molecule has 0 aromatic heterocycles. The van der Waals surface area contributed by atoms with Crippen LogP contribution in [0, 0.1) is 16.7 Å². The van der Waals surface area contributed by atoms with Gasteiger partial charge in [0.15, 0.2) is 0 Å². The van der Waals surface area contributed by atoms with Crippen LogP contribution in [0.15, 0.2) is 0 Å². The molecule has 1 unspecified atom stereocenters. The molecule has 1 saturated carbocycles. The number of rotatable bonds is 3. The Kier molecular flexibility index (Phi) is 4.45. The lowest BCUT2D eigenvalue weighted by atomic mass is 9.61. The van der Waals surface area contributed by atoms with Crippen LogP contribution in [0.1, 0.15) is 59.3 Å². The van der Waals surface area contributed by atoms with Gasteiger partial charge in [-0.2, -0.15) is 0 Å². The molecule has 2 aliphatic rings. The summed E-state index contributed by atoms with van der Waals surface area (Å²) >= 11 is 2.51. The van der Waals surface area contributed by atoms with Crippen LogP contribution in [0.3, 0.4) is 0 Å². The van der Waals surface area contributed by atoms with Crippen molar-refractivity contribution in [3.8, 4) is 0 Å². The van der Waals surface area contributed by atoms with Crippen molar-refractivity contribution in [1.82, 2.24) is 0 Å². The van der Waals surface area contributed by atoms with E-state index in [0.29, 0.717) is 16.9 Å². The first-order valence-electron chi connectivity index (χ1n) is 7.22. The molecule has 0 bridgehead atoms. The van der Waals surface area contributed by atoms with E-state index in [1.807, 2.05) is 0 Å².